The fourth-order valence-corrected chi connectivity index (χ4v) is 4.21. The lowest BCUT2D eigenvalue weighted by Crippen LogP contribution is -2.47. The van der Waals surface area contributed by atoms with Crippen LogP contribution in [0.1, 0.15) is 56.2 Å². The van der Waals surface area contributed by atoms with Crippen LogP contribution >= 0.6 is 11.3 Å². The monoisotopic (exact) mass is 294 g/mol. The lowest BCUT2D eigenvalue weighted by atomic mass is 9.72. The second-order valence-electron chi connectivity index (χ2n) is 6.36. The van der Waals surface area contributed by atoms with E-state index in [2.05, 4.69) is 22.6 Å². The highest BCUT2D eigenvalue weighted by Gasteiger charge is 2.42. The largest absolute Gasteiger partial charge is 0.375 e. The third-order valence-electron chi connectivity index (χ3n) is 4.67. The van der Waals surface area contributed by atoms with Crippen LogP contribution in [-0.2, 0) is 17.7 Å². The number of aryl methyl sites for hydroxylation is 1. The summed E-state index contributed by atoms with van der Waals surface area (Å²) >= 11 is 1.79. The van der Waals surface area contributed by atoms with Gasteiger partial charge in [0.25, 0.3) is 0 Å². The summed E-state index contributed by atoms with van der Waals surface area (Å²) in [6.45, 7) is 5.22. The Bertz CT molecular complexity index is 428. The molecular formula is C16H26N2OS. The summed E-state index contributed by atoms with van der Waals surface area (Å²) in [5, 5.41) is 7.05. The maximum absolute atomic E-state index is 5.99. The molecule has 0 bridgehead atoms. The van der Waals surface area contributed by atoms with E-state index in [1.807, 2.05) is 0 Å². The van der Waals surface area contributed by atoms with Gasteiger partial charge in [-0.2, -0.15) is 0 Å². The van der Waals surface area contributed by atoms with Crippen molar-refractivity contribution in [2.75, 3.05) is 13.2 Å². The summed E-state index contributed by atoms with van der Waals surface area (Å²) in [4.78, 5) is 4.67. The molecule has 1 aromatic rings. The lowest BCUT2D eigenvalue weighted by molar-refractivity contribution is -0.142. The van der Waals surface area contributed by atoms with Gasteiger partial charge >= 0.3 is 0 Å². The summed E-state index contributed by atoms with van der Waals surface area (Å²) in [6, 6.07) is 0. The molecule has 1 atom stereocenters. The maximum Gasteiger partial charge on any atom is 0.107 e. The Kier molecular flexibility index (Phi) is 4.74. The number of hydrogen-bond donors (Lipinski definition) is 1. The molecule has 1 aliphatic carbocycles. The summed E-state index contributed by atoms with van der Waals surface area (Å²) in [6.07, 6.45) is 8.71. The van der Waals surface area contributed by atoms with Gasteiger partial charge in [0.15, 0.2) is 0 Å². The van der Waals surface area contributed by atoms with E-state index >= 15 is 0 Å². The predicted octanol–water partition coefficient (Wildman–Crippen LogP) is 3.53. The van der Waals surface area contributed by atoms with Crippen LogP contribution in [0.4, 0.5) is 0 Å². The van der Waals surface area contributed by atoms with Gasteiger partial charge in [-0.15, -0.1) is 11.3 Å². The fraction of sp³-hybridized carbons (Fsp3) is 0.812. The third kappa shape index (κ3) is 3.41. The van der Waals surface area contributed by atoms with Crippen LogP contribution in [0.3, 0.4) is 0 Å². The zero-order chi connectivity index (χ0) is 13.8. The number of rotatable bonds is 6. The van der Waals surface area contributed by atoms with Gasteiger partial charge in [-0.3, -0.25) is 0 Å². The second kappa shape index (κ2) is 6.54. The third-order valence-corrected chi connectivity index (χ3v) is 5.57. The Morgan fingerprint density at radius 2 is 2.40 bits per heavy atom. The van der Waals surface area contributed by atoms with Gasteiger partial charge in [-0.25, -0.2) is 4.98 Å². The predicted molar refractivity (Wildman–Crippen MR) is 83.1 cm³/mol. The Hall–Kier alpha value is -0.450. The summed E-state index contributed by atoms with van der Waals surface area (Å²) in [5.41, 5.74) is 1.54. The molecule has 2 aliphatic rings. The normalized spacial score (nSPS) is 24.8. The number of ether oxygens (including phenoxy) is 1. The topological polar surface area (TPSA) is 34.1 Å². The number of thiazole rings is 1. The molecule has 2 fully saturated rings. The Labute approximate surface area is 126 Å². The van der Waals surface area contributed by atoms with Gasteiger partial charge < -0.3 is 10.1 Å². The highest BCUT2D eigenvalue weighted by molar-refractivity contribution is 7.09. The highest BCUT2D eigenvalue weighted by Crippen LogP contribution is 2.43. The number of aromatic nitrogens is 1. The fourth-order valence-electron chi connectivity index (χ4n) is 3.41. The molecule has 1 aliphatic heterocycles. The molecule has 1 saturated carbocycles. The van der Waals surface area contributed by atoms with Gasteiger partial charge in [-0.1, -0.05) is 13.3 Å². The smallest absolute Gasteiger partial charge is 0.107 e. The molecule has 2 heterocycles. The Morgan fingerprint density at radius 1 is 1.50 bits per heavy atom. The van der Waals surface area contributed by atoms with E-state index < -0.39 is 0 Å². The van der Waals surface area contributed by atoms with Crippen LogP contribution < -0.4 is 5.32 Å². The zero-order valence-corrected chi connectivity index (χ0v) is 13.3. The van der Waals surface area contributed by atoms with Gasteiger partial charge in [0.1, 0.15) is 5.01 Å². The van der Waals surface area contributed by atoms with Crippen molar-refractivity contribution in [1.82, 2.24) is 10.3 Å². The molecule has 1 N–H and O–H groups in total. The zero-order valence-electron chi connectivity index (χ0n) is 12.5. The van der Waals surface area contributed by atoms with Crippen molar-refractivity contribution >= 4 is 11.3 Å². The van der Waals surface area contributed by atoms with Gasteiger partial charge in [0, 0.05) is 18.5 Å². The number of nitrogens with zero attached hydrogens (tertiary/aromatic N) is 1. The van der Waals surface area contributed by atoms with E-state index in [1.165, 1.54) is 49.2 Å². The average Bonchev–Trinajstić information content (AvgIpc) is 2.86. The van der Waals surface area contributed by atoms with Crippen LogP contribution in [0.5, 0.6) is 0 Å². The molecule has 3 rings (SSSR count). The molecule has 20 heavy (non-hydrogen) atoms. The molecule has 1 unspecified atom stereocenters. The summed E-state index contributed by atoms with van der Waals surface area (Å²) in [7, 11) is 0. The lowest BCUT2D eigenvalue weighted by Gasteiger charge is -2.47. The van der Waals surface area contributed by atoms with Crippen LogP contribution in [0.25, 0.3) is 0 Å². The van der Waals surface area contributed by atoms with Crippen molar-refractivity contribution in [3.05, 3.63) is 16.1 Å². The van der Waals surface area contributed by atoms with Crippen LogP contribution in [0, 0.1) is 5.92 Å². The van der Waals surface area contributed by atoms with Crippen LogP contribution in [-0.4, -0.2) is 23.7 Å². The standard InChI is InChI=1S/C16H26N2OS/c1-2-4-14-12-20-15(18-14)11-17-10-13-5-8-19-16(9-13)6-3-7-16/h12-13,17H,2-11H2,1H3. The van der Waals surface area contributed by atoms with Gasteiger partial charge in [0.2, 0.25) is 0 Å². The Morgan fingerprint density at radius 3 is 3.15 bits per heavy atom. The molecule has 4 heteroatoms. The minimum Gasteiger partial charge on any atom is -0.375 e. The minimum atomic E-state index is 0.278. The van der Waals surface area contributed by atoms with Crippen LogP contribution in [0.2, 0.25) is 0 Å². The first-order chi connectivity index (χ1) is 9.80. The van der Waals surface area contributed by atoms with E-state index in [9.17, 15) is 0 Å². The maximum atomic E-state index is 5.99. The molecule has 1 spiro atoms. The summed E-state index contributed by atoms with van der Waals surface area (Å²) in [5.74, 6) is 0.791. The quantitative estimate of drug-likeness (QED) is 0.871. The van der Waals surface area contributed by atoms with Crippen molar-refractivity contribution in [2.45, 2.75) is 64.0 Å². The summed E-state index contributed by atoms with van der Waals surface area (Å²) < 4.78 is 5.99. The van der Waals surface area contributed by atoms with Gasteiger partial charge in [0.05, 0.1) is 11.3 Å². The van der Waals surface area contributed by atoms with Crippen molar-refractivity contribution in [3.63, 3.8) is 0 Å². The molecule has 1 saturated heterocycles. The molecule has 3 nitrogen and oxygen atoms in total. The van der Waals surface area contributed by atoms with E-state index in [-0.39, 0.29) is 5.60 Å². The highest BCUT2D eigenvalue weighted by atomic mass is 32.1. The van der Waals surface area contributed by atoms with E-state index in [4.69, 9.17) is 4.74 Å². The molecule has 0 radical (unpaired) electrons. The molecule has 112 valence electrons. The van der Waals surface area contributed by atoms with E-state index in [1.54, 1.807) is 11.3 Å². The van der Waals surface area contributed by atoms with Crippen molar-refractivity contribution in [1.29, 1.82) is 0 Å². The van der Waals surface area contributed by atoms with Crippen molar-refractivity contribution in [3.8, 4) is 0 Å². The molecule has 1 aromatic heterocycles. The number of hydrogen-bond acceptors (Lipinski definition) is 4. The first-order valence-corrected chi connectivity index (χ1v) is 8.95. The van der Waals surface area contributed by atoms with E-state index in [0.29, 0.717) is 0 Å². The molecular weight excluding hydrogens is 268 g/mol. The molecule has 0 aromatic carbocycles. The first-order valence-electron chi connectivity index (χ1n) is 8.08. The SMILES string of the molecule is CCCc1csc(CNCC2CCOC3(CCC3)C2)n1. The van der Waals surface area contributed by atoms with E-state index in [0.717, 1.165) is 32.0 Å². The van der Waals surface area contributed by atoms with Crippen LogP contribution in [0.15, 0.2) is 5.38 Å². The minimum absolute atomic E-state index is 0.278. The van der Waals surface area contributed by atoms with Gasteiger partial charge in [-0.05, 0) is 51.0 Å². The molecule has 0 amide bonds. The first kappa shape index (κ1) is 14.5. The Balaban J connectivity index is 1.40. The van der Waals surface area contributed by atoms with Crippen molar-refractivity contribution in [2.24, 2.45) is 5.92 Å². The number of nitrogens with one attached hydrogen (secondary N) is 1. The average molecular weight is 294 g/mol. The van der Waals surface area contributed by atoms with Crippen molar-refractivity contribution < 1.29 is 4.74 Å². The second-order valence-corrected chi connectivity index (χ2v) is 7.30.